The third kappa shape index (κ3) is 4.38. The molecule has 1 amide bonds. The Morgan fingerprint density at radius 1 is 1.00 bits per heavy atom. The van der Waals surface area contributed by atoms with Crippen LogP contribution in [0, 0.1) is 0 Å². The minimum Gasteiger partial charge on any atom is -0.497 e. The van der Waals surface area contributed by atoms with Gasteiger partial charge in [0.05, 0.1) is 18.1 Å². The zero-order chi connectivity index (χ0) is 21.8. The lowest BCUT2D eigenvalue weighted by molar-refractivity contribution is 0.102. The lowest BCUT2D eigenvalue weighted by atomic mass is 10.2. The number of ether oxygens (including phenoxy) is 1. The number of fused-ring (bicyclic) bond motifs is 1. The van der Waals surface area contributed by atoms with E-state index in [0.29, 0.717) is 17.0 Å². The van der Waals surface area contributed by atoms with Crippen molar-refractivity contribution in [3.8, 4) is 17.1 Å². The Hall–Kier alpha value is -3.80. The Balaban J connectivity index is 1.53. The lowest BCUT2D eigenvalue weighted by Gasteiger charge is -2.20. The van der Waals surface area contributed by atoms with Crippen molar-refractivity contribution in [3.05, 3.63) is 72.3 Å². The summed E-state index contributed by atoms with van der Waals surface area (Å²) in [7, 11) is 1.60. The predicted molar refractivity (Wildman–Crippen MR) is 126 cm³/mol. The molecule has 0 fully saturated rings. The molecular formula is C25H26N4O2. The van der Waals surface area contributed by atoms with Crippen LogP contribution in [0.4, 0.5) is 11.4 Å². The van der Waals surface area contributed by atoms with Crippen molar-refractivity contribution in [2.45, 2.75) is 13.8 Å². The van der Waals surface area contributed by atoms with E-state index in [1.165, 1.54) is 5.69 Å². The van der Waals surface area contributed by atoms with Crippen LogP contribution in [-0.2, 0) is 0 Å². The number of rotatable bonds is 7. The topological polar surface area (TPSA) is 70.2 Å². The fourth-order valence-electron chi connectivity index (χ4n) is 3.59. The van der Waals surface area contributed by atoms with Crippen LogP contribution >= 0.6 is 0 Å². The first-order valence-corrected chi connectivity index (χ1v) is 10.4. The largest absolute Gasteiger partial charge is 0.497 e. The molecule has 4 rings (SSSR count). The molecule has 1 heterocycles. The quantitative estimate of drug-likeness (QED) is 0.428. The number of benzene rings is 3. The second kappa shape index (κ2) is 8.92. The van der Waals surface area contributed by atoms with Crippen molar-refractivity contribution in [2.24, 2.45) is 0 Å². The smallest absolute Gasteiger partial charge is 0.255 e. The molecule has 0 saturated heterocycles. The number of hydrogen-bond donors (Lipinski definition) is 2. The third-order valence-electron chi connectivity index (χ3n) is 5.36. The van der Waals surface area contributed by atoms with Gasteiger partial charge in [-0.2, -0.15) is 0 Å². The monoisotopic (exact) mass is 414 g/mol. The van der Waals surface area contributed by atoms with E-state index in [2.05, 4.69) is 53.3 Å². The maximum absolute atomic E-state index is 12.5. The molecule has 0 spiro atoms. The number of methoxy groups -OCH3 is 1. The highest BCUT2D eigenvalue weighted by Gasteiger charge is 2.10. The van der Waals surface area contributed by atoms with E-state index in [9.17, 15) is 4.79 Å². The van der Waals surface area contributed by atoms with Crippen molar-refractivity contribution in [2.75, 3.05) is 30.4 Å². The summed E-state index contributed by atoms with van der Waals surface area (Å²) in [6.07, 6.45) is 0. The summed E-state index contributed by atoms with van der Waals surface area (Å²) in [5, 5.41) is 2.94. The van der Waals surface area contributed by atoms with Gasteiger partial charge >= 0.3 is 0 Å². The molecule has 0 aliphatic heterocycles. The maximum atomic E-state index is 12.5. The standard InChI is InChI=1S/C25H26N4O2/c1-4-29(5-2)20-11-6-17(7-12-20)24-27-22-15-10-19(16-23(22)28-24)26-25(30)18-8-13-21(31-3)14-9-18/h6-16H,4-5H2,1-3H3,(H,26,30)(H,27,28). The molecule has 4 aromatic rings. The molecule has 0 radical (unpaired) electrons. The van der Waals surface area contributed by atoms with E-state index in [-0.39, 0.29) is 5.91 Å². The van der Waals surface area contributed by atoms with Gasteiger partial charge in [0, 0.05) is 35.6 Å². The molecule has 0 unspecified atom stereocenters. The van der Waals surface area contributed by atoms with E-state index < -0.39 is 0 Å². The van der Waals surface area contributed by atoms with Gasteiger partial charge in [-0.25, -0.2) is 4.98 Å². The second-order valence-electron chi connectivity index (χ2n) is 7.22. The van der Waals surface area contributed by atoms with E-state index in [1.807, 2.05) is 18.2 Å². The summed E-state index contributed by atoms with van der Waals surface area (Å²) in [4.78, 5) is 22.9. The first kappa shape index (κ1) is 20.5. The van der Waals surface area contributed by atoms with Crippen LogP contribution < -0.4 is 15.0 Å². The lowest BCUT2D eigenvalue weighted by Crippen LogP contribution is -2.21. The number of anilines is 2. The van der Waals surface area contributed by atoms with Gasteiger partial charge in [-0.1, -0.05) is 0 Å². The van der Waals surface area contributed by atoms with Crippen molar-refractivity contribution in [3.63, 3.8) is 0 Å². The molecule has 0 aliphatic carbocycles. The highest BCUT2D eigenvalue weighted by molar-refractivity contribution is 6.05. The molecule has 3 aromatic carbocycles. The summed E-state index contributed by atoms with van der Waals surface area (Å²) in [5.41, 5.74) is 5.23. The number of nitrogens with zero attached hydrogens (tertiary/aromatic N) is 2. The van der Waals surface area contributed by atoms with Gasteiger partial charge in [0.2, 0.25) is 0 Å². The number of carbonyl (C=O) groups is 1. The van der Waals surface area contributed by atoms with Gasteiger partial charge in [-0.15, -0.1) is 0 Å². The number of carbonyl (C=O) groups excluding carboxylic acids is 1. The highest BCUT2D eigenvalue weighted by Crippen LogP contribution is 2.25. The number of aromatic nitrogens is 2. The molecular weight excluding hydrogens is 388 g/mol. The Morgan fingerprint density at radius 2 is 1.71 bits per heavy atom. The average molecular weight is 415 g/mol. The Morgan fingerprint density at radius 3 is 2.35 bits per heavy atom. The van der Waals surface area contributed by atoms with Gasteiger partial charge in [0.25, 0.3) is 5.91 Å². The molecule has 0 aliphatic rings. The normalized spacial score (nSPS) is 10.8. The SMILES string of the molecule is CCN(CC)c1ccc(-c2nc3ccc(NC(=O)c4ccc(OC)cc4)cc3[nH]2)cc1. The van der Waals surface area contributed by atoms with Gasteiger partial charge in [-0.05, 0) is 80.6 Å². The van der Waals surface area contributed by atoms with Crippen molar-refractivity contribution in [1.29, 1.82) is 0 Å². The van der Waals surface area contributed by atoms with Crippen molar-refractivity contribution >= 4 is 28.3 Å². The van der Waals surface area contributed by atoms with Crippen LogP contribution in [-0.4, -0.2) is 36.1 Å². The molecule has 2 N–H and O–H groups in total. The number of imidazole rings is 1. The molecule has 6 nitrogen and oxygen atoms in total. The highest BCUT2D eigenvalue weighted by atomic mass is 16.5. The third-order valence-corrected chi connectivity index (χ3v) is 5.36. The fourth-order valence-corrected chi connectivity index (χ4v) is 3.59. The zero-order valence-corrected chi connectivity index (χ0v) is 18.0. The summed E-state index contributed by atoms with van der Waals surface area (Å²) >= 11 is 0. The van der Waals surface area contributed by atoms with Gasteiger partial charge in [-0.3, -0.25) is 4.79 Å². The minimum absolute atomic E-state index is 0.172. The molecule has 0 atom stereocenters. The summed E-state index contributed by atoms with van der Waals surface area (Å²) in [6, 6.07) is 21.1. The van der Waals surface area contributed by atoms with Gasteiger partial charge in [0.15, 0.2) is 0 Å². The van der Waals surface area contributed by atoms with Crippen molar-refractivity contribution < 1.29 is 9.53 Å². The number of aromatic amines is 1. The number of amides is 1. The summed E-state index contributed by atoms with van der Waals surface area (Å²) < 4.78 is 5.14. The van der Waals surface area contributed by atoms with Crippen LogP contribution in [0.15, 0.2) is 66.7 Å². The molecule has 31 heavy (non-hydrogen) atoms. The molecule has 6 heteroatoms. The van der Waals surface area contributed by atoms with Gasteiger partial charge in [0.1, 0.15) is 11.6 Å². The van der Waals surface area contributed by atoms with Crippen LogP contribution in [0.2, 0.25) is 0 Å². The average Bonchev–Trinajstić information content (AvgIpc) is 3.24. The number of nitrogens with one attached hydrogen (secondary N) is 2. The van der Waals surface area contributed by atoms with E-state index >= 15 is 0 Å². The summed E-state index contributed by atoms with van der Waals surface area (Å²) in [5.74, 6) is 1.35. The minimum atomic E-state index is -0.172. The predicted octanol–water partition coefficient (Wildman–Crippen LogP) is 5.34. The fraction of sp³-hybridized carbons (Fsp3) is 0.200. The Bertz CT molecular complexity index is 1180. The zero-order valence-electron chi connectivity index (χ0n) is 18.0. The summed E-state index contributed by atoms with van der Waals surface area (Å²) in [6.45, 7) is 6.26. The molecule has 1 aromatic heterocycles. The molecule has 158 valence electrons. The van der Waals surface area contributed by atoms with E-state index in [1.54, 1.807) is 31.4 Å². The Labute approximate surface area is 181 Å². The maximum Gasteiger partial charge on any atom is 0.255 e. The first-order chi connectivity index (χ1) is 15.1. The first-order valence-electron chi connectivity index (χ1n) is 10.4. The van der Waals surface area contributed by atoms with Crippen LogP contribution in [0.3, 0.4) is 0 Å². The second-order valence-corrected chi connectivity index (χ2v) is 7.22. The van der Waals surface area contributed by atoms with E-state index in [0.717, 1.165) is 35.5 Å². The van der Waals surface area contributed by atoms with Gasteiger partial charge < -0.3 is 19.9 Å². The van der Waals surface area contributed by atoms with Crippen LogP contribution in [0.1, 0.15) is 24.2 Å². The molecule has 0 bridgehead atoms. The number of hydrogen-bond acceptors (Lipinski definition) is 4. The number of H-pyrrole nitrogens is 1. The van der Waals surface area contributed by atoms with Crippen LogP contribution in [0.5, 0.6) is 5.75 Å². The molecule has 0 saturated carbocycles. The Kier molecular flexibility index (Phi) is 5.89. The van der Waals surface area contributed by atoms with Crippen molar-refractivity contribution in [1.82, 2.24) is 9.97 Å². The van der Waals surface area contributed by atoms with Crippen LogP contribution in [0.25, 0.3) is 22.4 Å². The van der Waals surface area contributed by atoms with E-state index in [4.69, 9.17) is 9.72 Å².